The first kappa shape index (κ1) is 11.2. The van der Waals surface area contributed by atoms with Gasteiger partial charge in [-0.1, -0.05) is 6.07 Å². The second kappa shape index (κ2) is 4.10. The third-order valence-electron chi connectivity index (χ3n) is 2.94. The number of hydrogen-bond acceptors (Lipinski definition) is 3. The minimum atomic E-state index is -0.295. The molecule has 92 valence electrons. The van der Waals surface area contributed by atoms with E-state index in [9.17, 15) is 4.39 Å². The molecule has 0 atom stereocenters. The number of halogens is 1. The van der Waals surface area contributed by atoms with E-state index in [0.29, 0.717) is 11.2 Å². The van der Waals surface area contributed by atoms with Gasteiger partial charge in [0.1, 0.15) is 5.52 Å². The molecule has 2 aromatic heterocycles. The van der Waals surface area contributed by atoms with Crippen LogP contribution in [0.3, 0.4) is 0 Å². The van der Waals surface area contributed by atoms with Crippen LogP contribution in [0.4, 0.5) is 10.1 Å². The third-order valence-corrected chi connectivity index (χ3v) is 3.87. The van der Waals surface area contributed by atoms with E-state index in [0.717, 1.165) is 22.8 Å². The molecule has 0 aliphatic carbocycles. The lowest BCUT2D eigenvalue weighted by Gasteiger charge is -2.04. The number of benzene rings is 1. The molecule has 0 unspecified atom stereocenters. The first-order valence-corrected chi connectivity index (χ1v) is 6.58. The van der Waals surface area contributed by atoms with Gasteiger partial charge in [-0.3, -0.25) is 0 Å². The number of rotatable bonds is 2. The summed E-state index contributed by atoms with van der Waals surface area (Å²) in [6, 6.07) is 6.85. The van der Waals surface area contributed by atoms with Crippen molar-refractivity contribution in [3.8, 4) is 10.7 Å². The highest BCUT2D eigenvalue weighted by molar-refractivity contribution is 7.14. The monoisotopic (exact) mass is 261 g/mol. The first-order chi connectivity index (χ1) is 8.72. The van der Waals surface area contributed by atoms with Crippen LogP contribution in [0.2, 0.25) is 0 Å². The van der Waals surface area contributed by atoms with Gasteiger partial charge in [-0.2, -0.15) is 0 Å². The predicted molar refractivity (Wildman–Crippen MR) is 73.1 cm³/mol. The third kappa shape index (κ3) is 1.51. The summed E-state index contributed by atoms with van der Waals surface area (Å²) in [7, 11) is 0. The normalized spacial score (nSPS) is 11.2. The van der Waals surface area contributed by atoms with Crippen LogP contribution in [0.5, 0.6) is 0 Å². The van der Waals surface area contributed by atoms with Gasteiger partial charge in [0.05, 0.1) is 16.1 Å². The number of nitrogens with zero attached hydrogens (tertiary/aromatic N) is 2. The van der Waals surface area contributed by atoms with Crippen LogP contribution in [0.15, 0.2) is 29.6 Å². The topological polar surface area (TPSA) is 43.8 Å². The quantitative estimate of drug-likeness (QED) is 0.767. The van der Waals surface area contributed by atoms with Gasteiger partial charge in [-0.15, -0.1) is 11.3 Å². The van der Waals surface area contributed by atoms with E-state index in [1.165, 1.54) is 17.4 Å². The van der Waals surface area contributed by atoms with Crippen LogP contribution in [0.1, 0.15) is 6.92 Å². The van der Waals surface area contributed by atoms with Gasteiger partial charge in [-0.05, 0) is 30.5 Å². The second-order valence-corrected chi connectivity index (χ2v) is 4.91. The smallest absolute Gasteiger partial charge is 0.153 e. The van der Waals surface area contributed by atoms with Gasteiger partial charge in [0.2, 0.25) is 0 Å². The SMILES string of the molecule is CCn1c(-c2sccc2N)nc2c(F)cccc21. The molecule has 2 heterocycles. The highest BCUT2D eigenvalue weighted by atomic mass is 32.1. The summed E-state index contributed by atoms with van der Waals surface area (Å²) in [6.07, 6.45) is 0. The highest BCUT2D eigenvalue weighted by Crippen LogP contribution is 2.33. The molecule has 0 saturated carbocycles. The van der Waals surface area contributed by atoms with E-state index in [1.54, 1.807) is 6.07 Å². The molecule has 0 radical (unpaired) electrons. The van der Waals surface area contributed by atoms with Crippen molar-refractivity contribution < 1.29 is 4.39 Å². The highest BCUT2D eigenvalue weighted by Gasteiger charge is 2.16. The molecule has 0 fully saturated rings. The molecule has 1 aromatic carbocycles. The molecule has 0 amide bonds. The van der Waals surface area contributed by atoms with Crippen molar-refractivity contribution in [2.24, 2.45) is 0 Å². The average molecular weight is 261 g/mol. The van der Waals surface area contributed by atoms with Crippen LogP contribution < -0.4 is 5.73 Å². The van der Waals surface area contributed by atoms with Crippen LogP contribution in [0.25, 0.3) is 21.7 Å². The Morgan fingerprint density at radius 2 is 2.22 bits per heavy atom. The minimum absolute atomic E-state index is 0.295. The van der Waals surface area contributed by atoms with Gasteiger partial charge in [0.25, 0.3) is 0 Å². The van der Waals surface area contributed by atoms with E-state index in [-0.39, 0.29) is 5.82 Å². The molecule has 0 aliphatic rings. The zero-order valence-corrected chi connectivity index (χ0v) is 10.7. The number of hydrogen-bond donors (Lipinski definition) is 1. The molecular weight excluding hydrogens is 249 g/mol. The van der Waals surface area contributed by atoms with Crippen molar-refractivity contribution in [3.05, 3.63) is 35.5 Å². The van der Waals surface area contributed by atoms with Gasteiger partial charge < -0.3 is 10.3 Å². The van der Waals surface area contributed by atoms with Crippen molar-refractivity contribution in [1.82, 2.24) is 9.55 Å². The van der Waals surface area contributed by atoms with Gasteiger partial charge in [-0.25, -0.2) is 9.37 Å². The predicted octanol–water partition coefficient (Wildman–Crippen LogP) is 3.51. The van der Waals surface area contributed by atoms with Crippen molar-refractivity contribution in [2.45, 2.75) is 13.5 Å². The summed E-state index contributed by atoms with van der Waals surface area (Å²) in [5.74, 6) is 0.446. The number of para-hydroxylation sites is 1. The maximum Gasteiger partial charge on any atom is 0.153 e. The summed E-state index contributed by atoms with van der Waals surface area (Å²) in [5, 5.41) is 1.92. The Morgan fingerprint density at radius 1 is 1.39 bits per heavy atom. The molecule has 0 spiro atoms. The Balaban J connectivity index is 2.36. The second-order valence-electron chi connectivity index (χ2n) is 3.99. The van der Waals surface area contributed by atoms with E-state index >= 15 is 0 Å². The van der Waals surface area contributed by atoms with E-state index < -0.39 is 0 Å². The van der Waals surface area contributed by atoms with E-state index in [2.05, 4.69) is 4.98 Å². The van der Waals surface area contributed by atoms with Gasteiger partial charge in [0, 0.05) is 6.54 Å². The molecule has 3 aromatic rings. The Kier molecular flexibility index (Phi) is 2.56. The lowest BCUT2D eigenvalue weighted by molar-refractivity contribution is 0.637. The largest absolute Gasteiger partial charge is 0.397 e. The fraction of sp³-hybridized carbons (Fsp3) is 0.154. The van der Waals surface area contributed by atoms with E-state index in [1.807, 2.05) is 29.0 Å². The fourth-order valence-corrected chi connectivity index (χ4v) is 2.92. The first-order valence-electron chi connectivity index (χ1n) is 5.70. The molecule has 0 saturated heterocycles. The van der Waals surface area contributed by atoms with Crippen LogP contribution in [-0.2, 0) is 6.54 Å². The standard InChI is InChI=1S/C13H12FN3S/c1-2-17-10-5-3-4-8(14)11(10)16-13(17)12-9(15)6-7-18-12/h3-7H,2,15H2,1H3. The van der Waals surface area contributed by atoms with Crippen LogP contribution in [-0.4, -0.2) is 9.55 Å². The summed E-state index contributed by atoms with van der Waals surface area (Å²) in [5.41, 5.74) is 7.82. The summed E-state index contributed by atoms with van der Waals surface area (Å²) in [4.78, 5) is 5.30. The molecule has 0 bridgehead atoms. The summed E-state index contributed by atoms with van der Waals surface area (Å²) < 4.78 is 15.7. The number of anilines is 1. The van der Waals surface area contributed by atoms with Crippen LogP contribution >= 0.6 is 11.3 Å². The van der Waals surface area contributed by atoms with Crippen molar-refractivity contribution in [1.29, 1.82) is 0 Å². The molecule has 0 aliphatic heterocycles. The average Bonchev–Trinajstić information content (AvgIpc) is 2.92. The Labute approximate surface area is 108 Å². The summed E-state index contributed by atoms with van der Waals surface area (Å²) in [6.45, 7) is 2.74. The molecule has 2 N–H and O–H groups in total. The van der Waals surface area contributed by atoms with E-state index in [4.69, 9.17) is 5.73 Å². The van der Waals surface area contributed by atoms with Gasteiger partial charge in [0.15, 0.2) is 11.6 Å². The van der Waals surface area contributed by atoms with Crippen molar-refractivity contribution in [3.63, 3.8) is 0 Å². The number of fused-ring (bicyclic) bond motifs is 1. The number of aromatic nitrogens is 2. The van der Waals surface area contributed by atoms with Gasteiger partial charge >= 0.3 is 0 Å². The zero-order valence-electron chi connectivity index (χ0n) is 9.85. The lowest BCUT2D eigenvalue weighted by Crippen LogP contribution is -1.97. The van der Waals surface area contributed by atoms with Crippen LogP contribution in [0, 0.1) is 5.82 Å². The molecule has 18 heavy (non-hydrogen) atoms. The fourth-order valence-electron chi connectivity index (χ4n) is 2.11. The summed E-state index contributed by atoms with van der Waals surface area (Å²) >= 11 is 1.52. The Bertz CT molecular complexity index is 714. The Morgan fingerprint density at radius 3 is 2.89 bits per heavy atom. The van der Waals surface area contributed by atoms with Crippen molar-refractivity contribution >= 4 is 28.1 Å². The molecule has 3 nitrogen and oxygen atoms in total. The number of nitrogens with two attached hydrogens (primary N) is 1. The minimum Gasteiger partial charge on any atom is -0.397 e. The lowest BCUT2D eigenvalue weighted by atomic mass is 10.3. The number of thiophene rings is 1. The number of imidazole rings is 1. The maximum absolute atomic E-state index is 13.8. The maximum atomic E-state index is 13.8. The van der Waals surface area contributed by atoms with Crippen molar-refractivity contribution in [2.75, 3.05) is 5.73 Å². The molecule has 5 heteroatoms. The number of nitrogen functional groups attached to an aromatic ring is 1. The Hall–Kier alpha value is -1.88. The molecular formula is C13H12FN3S. The molecule has 3 rings (SSSR count). The zero-order chi connectivity index (χ0) is 12.7. The number of aryl methyl sites for hydroxylation is 1.